The van der Waals surface area contributed by atoms with E-state index in [4.69, 9.17) is 5.73 Å². The number of nitrogens with zero attached hydrogens (tertiary/aromatic N) is 1. The zero-order valence-electron chi connectivity index (χ0n) is 12.1. The van der Waals surface area contributed by atoms with Crippen LogP contribution in [0.25, 0.3) is 0 Å². The van der Waals surface area contributed by atoms with E-state index in [1.54, 1.807) is 0 Å². The van der Waals surface area contributed by atoms with Crippen molar-refractivity contribution in [3.63, 3.8) is 0 Å². The summed E-state index contributed by atoms with van der Waals surface area (Å²) in [4.78, 5) is 14.3. The number of rotatable bonds is 5. The number of hydrogen-bond acceptors (Lipinski definition) is 3. The lowest BCUT2D eigenvalue weighted by atomic mass is 10.2. The molecular formula is C15H24N4O. The van der Waals surface area contributed by atoms with Gasteiger partial charge in [-0.05, 0) is 50.6 Å². The van der Waals surface area contributed by atoms with Crippen molar-refractivity contribution in [3.8, 4) is 0 Å². The first-order valence-corrected chi connectivity index (χ1v) is 7.26. The van der Waals surface area contributed by atoms with Crippen LogP contribution in [0.15, 0.2) is 24.3 Å². The number of nitrogens with two attached hydrogens (primary N) is 1. The first kappa shape index (κ1) is 14.8. The Morgan fingerprint density at radius 2 is 1.95 bits per heavy atom. The number of nitrogens with one attached hydrogen (secondary N) is 2. The second-order valence-corrected chi connectivity index (χ2v) is 5.41. The van der Waals surface area contributed by atoms with Gasteiger partial charge in [0.25, 0.3) is 0 Å². The molecule has 1 aliphatic rings. The van der Waals surface area contributed by atoms with Crippen molar-refractivity contribution in [2.45, 2.75) is 32.4 Å². The van der Waals surface area contributed by atoms with E-state index in [1.165, 1.54) is 12.8 Å². The standard InChI is InChI=1S/C15H24N4O/c1-12(11-19-8-2-3-9-19)17-15(20)18-14-6-4-13(10-16)5-7-14/h4-7,12H,2-3,8-11,16H2,1H3,(H2,17,18,20). The zero-order valence-corrected chi connectivity index (χ0v) is 12.1. The fraction of sp³-hybridized carbons (Fsp3) is 0.533. The molecule has 0 spiro atoms. The molecule has 1 fully saturated rings. The summed E-state index contributed by atoms with van der Waals surface area (Å²) in [5.74, 6) is 0. The molecule has 1 heterocycles. The number of hydrogen-bond donors (Lipinski definition) is 3. The maximum atomic E-state index is 11.9. The molecule has 5 heteroatoms. The van der Waals surface area contributed by atoms with E-state index in [0.717, 1.165) is 30.9 Å². The Morgan fingerprint density at radius 3 is 2.55 bits per heavy atom. The van der Waals surface area contributed by atoms with Gasteiger partial charge in [0.1, 0.15) is 0 Å². The number of likely N-dealkylation sites (tertiary alicyclic amines) is 1. The fourth-order valence-electron chi connectivity index (χ4n) is 2.51. The molecule has 0 bridgehead atoms. The lowest BCUT2D eigenvalue weighted by Gasteiger charge is -2.21. The Kier molecular flexibility index (Phi) is 5.38. The molecule has 110 valence electrons. The minimum absolute atomic E-state index is 0.149. The number of benzene rings is 1. The number of carbonyl (C=O) groups is 1. The van der Waals surface area contributed by atoms with Crippen molar-refractivity contribution in [2.24, 2.45) is 5.73 Å². The van der Waals surface area contributed by atoms with Gasteiger partial charge in [-0.25, -0.2) is 4.79 Å². The molecule has 1 atom stereocenters. The number of carbonyl (C=O) groups excluding carboxylic acids is 1. The molecule has 4 N–H and O–H groups in total. The second-order valence-electron chi connectivity index (χ2n) is 5.41. The van der Waals surface area contributed by atoms with Crippen molar-refractivity contribution >= 4 is 11.7 Å². The van der Waals surface area contributed by atoms with E-state index in [0.29, 0.717) is 6.54 Å². The molecule has 1 aliphatic heterocycles. The summed E-state index contributed by atoms with van der Waals surface area (Å²) >= 11 is 0. The monoisotopic (exact) mass is 276 g/mol. The van der Waals surface area contributed by atoms with Crippen LogP contribution in [-0.2, 0) is 6.54 Å². The molecule has 2 rings (SSSR count). The van der Waals surface area contributed by atoms with Gasteiger partial charge in [0.05, 0.1) is 0 Å². The molecule has 5 nitrogen and oxygen atoms in total. The third-order valence-electron chi connectivity index (χ3n) is 3.56. The number of amides is 2. The van der Waals surface area contributed by atoms with Crippen LogP contribution in [0, 0.1) is 0 Å². The van der Waals surface area contributed by atoms with E-state index in [1.807, 2.05) is 31.2 Å². The van der Waals surface area contributed by atoms with Gasteiger partial charge in [0.2, 0.25) is 0 Å². The highest BCUT2D eigenvalue weighted by molar-refractivity contribution is 5.89. The van der Waals surface area contributed by atoms with E-state index in [2.05, 4.69) is 15.5 Å². The van der Waals surface area contributed by atoms with Gasteiger partial charge >= 0.3 is 6.03 Å². The van der Waals surface area contributed by atoms with Crippen LogP contribution in [-0.4, -0.2) is 36.6 Å². The minimum Gasteiger partial charge on any atom is -0.334 e. The predicted molar refractivity (Wildman–Crippen MR) is 81.6 cm³/mol. The van der Waals surface area contributed by atoms with Gasteiger partial charge in [0, 0.05) is 24.8 Å². The first-order valence-electron chi connectivity index (χ1n) is 7.26. The van der Waals surface area contributed by atoms with Crippen molar-refractivity contribution in [1.29, 1.82) is 0 Å². The molecule has 1 unspecified atom stereocenters. The molecule has 2 amide bonds. The van der Waals surface area contributed by atoms with Crippen LogP contribution in [0.1, 0.15) is 25.3 Å². The molecule has 0 aromatic heterocycles. The quantitative estimate of drug-likeness (QED) is 0.767. The average molecular weight is 276 g/mol. The molecule has 0 aliphatic carbocycles. The lowest BCUT2D eigenvalue weighted by Crippen LogP contribution is -2.42. The highest BCUT2D eigenvalue weighted by Crippen LogP contribution is 2.10. The van der Waals surface area contributed by atoms with E-state index < -0.39 is 0 Å². The van der Waals surface area contributed by atoms with Gasteiger partial charge in [-0.2, -0.15) is 0 Å². The lowest BCUT2D eigenvalue weighted by molar-refractivity contribution is 0.242. The van der Waals surface area contributed by atoms with Crippen LogP contribution in [0.5, 0.6) is 0 Å². The zero-order chi connectivity index (χ0) is 14.4. The summed E-state index contributed by atoms with van der Waals surface area (Å²) in [5, 5.41) is 5.81. The third kappa shape index (κ3) is 4.51. The van der Waals surface area contributed by atoms with Gasteiger partial charge in [-0.3, -0.25) is 0 Å². The van der Waals surface area contributed by atoms with E-state index in [9.17, 15) is 4.79 Å². The van der Waals surface area contributed by atoms with Crippen LogP contribution in [0.3, 0.4) is 0 Å². The smallest absolute Gasteiger partial charge is 0.319 e. The Balaban J connectivity index is 1.75. The maximum absolute atomic E-state index is 11.9. The van der Waals surface area contributed by atoms with Crippen molar-refractivity contribution in [1.82, 2.24) is 10.2 Å². The van der Waals surface area contributed by atoms with Crippen LogP contribution >= 0.6 is 0 Å². The van der Waals surface area contributed by atoms with E-state index in [-0.39, 0.29) is 12.1 Å². The summed E-state index contributed by atoms with van der Waals surface area (Å²) in [5.41, 5.74) is 7.38. The molecular weight excluding hydrogens is 252 g/mol. The SMILES string of the molecule is CC(CN1CCCC1)NC(=O)Nc1ccc(CN)cc1. The van der Waals surface area contributed by atoms with Crippen molar-refractivity contribution in [2.75, 3.05) is 25.0 Å². The second kappa shape index (κ2) is 7.26. The summed E-state index contributed by atoms with van der Waals surface area (Å²) in [6.45, 7) is 5.76. The molecule has 0 saturated carbocycles. The summed E-state index contributed by atoms with van der Waals surface area (Å²) < 4.78 is 0. The molecule has 1 aromatic carbocycles. The number of anilines is 1. The van der Waals surface area contributed by atoms with Crippen LogP contribution in [0.2, 0.25) is 0 Å². The highest BCUT2D eigenvalue weighted by atomic mass is 16.2. The largest absolute Gasteiger partial charge is 0.334 e. The summed E-state index contributed by atoms with van der Waals surface area (Å²) in [6, 6.07) is 7.57. The molecule has 1 saturated heterocycles. The van der Waals surface area contributed by atoms with E-state index >= 15 is 0 Å². The van der Waals surface area contributed by atoms with Gasteiger partial charge < -0.3 is 21.3 Å². The van der Waals surface area contributed by atoms with Crippen LogP contribution in [0.4, 0.5) is 10.5 Å². The highest BCUT2D eigenvalue weighted by Gasteiger charge is 2.15. The molecule has 1 aromatic rings. The Hall–Kier alpha value is -1.59. The molecule has 20 heavy (non-hydrogen) atoms. The molecule has 0 radical (unpaired) electrons. The van der Waals surface area contributed by atoms with Gasteiger partial charge in [-0.15, -0.1) is 0 Å². The predicted octanol–water partition coefficient (Wildman–Crippen LogP) is 1.75. The summed E-state index contributed by atoms with van der Waals surface area (Å²) in [7, 11) is 0. The Labute approximate surface area is 120 Å². The fourth-order valence-corrected chi connectivity index (χ4v) is 2.51. The minimum atomic E-state index is -0.155. The van der Waals surface area contributed by atoms with Gasteiger partial charge in [0.15, 0.2) is 0 Å². The number of urea groups is 1. The normalized spacial score (nSPS) is 16.9. The Morgan fingerprint density at radius 1 is 1.30 bits per heavy atom. The Bertz CT molecular complexity index is 426. The maximum Gasteiger partial charge on any atom is 0.319 e. The van der Waals surface area contributed by atoms with Crippen LogP contribution < -0.4 is 16.4 Å². The third-order valence-corrected chi connectivity index (χ3v) is 3.56. The van der Waals surface area contributed by atoms with Crippen molar-refractivity contribution < 1.29 is 4.79 Å². The first-order chi connectivity index (χ1) is 9.67. The summed E-state index contributed by atoms with van der Waals surface area (Å²) in [6.07, 6.45) is 2.54. The topological polar surface area (TPSA) is 70.4 Å². The average Bonchev–Trinajstić information content (AvgIpc) is 2.92. The van der Waals surface area contributed by atoms with Gasteiger partial charge in [-0.1, -0.05) is 12.1 Å². The van der Waals surface area contributed by atoms with Crippen molar-refractivity contribution in [3.05, 3.63) is 29.8 Å².